The molecule has 1 saturated carbocycles. The highest BCUT2D eigenvalue weighted by molar-refractivity contribution is 5.80. The van der Waals surface area contributed by atoms with Gasteiger partial charge in [0.15, 0.2) is 0 Å². The molecule has 19 heavy (non-hydrogen) atoms. The van der Waals surface area contributed by atoms with Crippen molar-refractivity contribution in [1.82, 2.24) is 4.90 Å². The van der Waals surface area contributed by atoms with Gasteiger partial charge < -0.3 is 15.1 Å². The molecule has 1 fully saturated rings. The first kappa shape index (κ1) is 16.0. The molecule has 2 N–H and O–H groups in total. The number of nitrogens with zero attached hydrogens (tertiary/aromatic N) is 1. The van der Waals surface area contributed by atoms with Gasteiger partial charge in [-0.15, -0.1) is 0 Å². The Balaban J connectivity index is 2.59. The Morgan fingerprint density at radius 1 is 1.21 bits per heavy atom. The predicted molar refractivity (Wildman–Crippen MR) is 71.7 cm³/mol. The normalized spacial score (nSPS) is 23.1. The molecular formula is C14H25NO4. The topological polar surface area (TPSA) is 77.8 Å². The summed E-state index contributed by atoms with van der Waals surface area (Å²) in [4.78, 5) is 25.1. The van der Waals surface area contributed by atoms with Gasteiger partial charge >= 0.3 is 5.97 Å². The largest absolute Gasteiger partial charge is 0.481 e. The van der Waals surface area contributed by atoms with E-state index in [4.69, 9.17) is 10.2 Å². The van der Waals surface area contributed by atoms with Crippen molar-refractivity contribution in [3.05, 3.63) is 0 Å². The van der Waals surface area contributed by atoms with Crippen LogP contribution in [0.15, 0.2) is 0 Å². The molecule has 0 spiro atoms. The van der Waals surface area contributed by atoms with Gasteiger partial charge in [0.05, 0.1) is 12.5 Å². The lowest BCUT2D eigenvalue weighted by Gasteiger charge is -2.31. The summed E-state index contributed by atoms with van der Waals surface area (Å²) >= 11 is 0. The minimum Gasteiger partial charge on any atom is -0.481 e. The molecule has 1 rings (SSSR count). The summed E-state index contributed by atoms with van der Waals surface area (Å²) in [6, 6.07) is 0. The van der Waals surface area contributed by atoms with E-state index in [1.54, 1.807) is 4.90 Å². The van der Waals surface area contributed by atoms with Crippen LogP contribution in [0.5, 0.6) is 0 Å². The highest BCUT2D eigenvalue weighted by Crippen LogP contribution is 2.30. The molecule has 5 heteroatoms. The van der Waals surface area contributed by atoms with Crippen molar-refractivity contribution in [3.63, 3.8) is 0 Å². The zero-order valence-corrected chi connectivity index (χ0v) is 11.7. The maximum atomic E-state index is 12.4. The molecule has 1 aliphatic rings. The summed E-state index contributed by atoms with van der Waals surface area (Å²) in [5.41, 5.74) is 0. The second-order valence-corrected chi connectivity index (χ2v) is 5.30. The quantitative estimate of drug-likeness (QED) is 0.735. The van der Waals surface area contributed by atoms with Gasteiger partial charge in [-0.1, -0.05) is 19.8 Å². The van der Waals surface area contributed by atoms with Crippen molar-refractivity contribution in [2.75, 3.05) is 19.7 Å². The molecule has 0 aliphatic heterocycles. The van der Waals surface area contributed by atoms with Gasteiger partial charge in [0.1, 0.15) is 0 Å². The Morgan fingerprint density at radius 2 is 1.89 bits per heavy atom. The fourth-order valence-electron chi connectivity index (χ4n) is 2.70. The van der Waals surface area contributed by atoms with Crippen molar-refractivity contribution in [3.8, 4) is 0 Å². The summed E-state index contributed by atoms with van der Waals surface area (Å²) in [5.74, 6) is -1.34. The first-order valence-corrected chi connectivity index (χ1v) is 7.22. The summed E-state index contributed by atoms with van der Waals surface area (Å²) in [5, 5.41) is 18.1. The third-order valence-corrected chi connectivity index (χ3v) is 3.84. The minimum absolute atomic E-state index is 0.0217. The molecule has 1 amide bonds. The van der Waals surface area contributed by atoms with Crippen LogP contribution in [-0.2, 0) is 9.59 Å². The number of unbranched alkanes of at least 4 members (excludes halogenated alkanes) is 1. The average Bonchev–Trinajstić information content (AvgIpc) is 2.42. The molecule has 110 valence electrons. The molecular weight excluding hydrogens is 246 g/mol. The number of hydrogen-bond donors (Lipinski definition) is 2. The van der Waals surface area contributed by atoms with Crippen LogP contribution < -0.4 is 0 Å². The lowest BCUT2D eigenvalue weighted by molar-refractivity contribution is -0.145. The van der Waals surface area contributed by atoms with E-state index < -0.39 is 5.97 Å². The minimum atomic E-state index is -0.792. The molecule has 0 aromatic carbocycles. The Hall–Kier alpha value is -1.10. The van der Waals surface area contributed by atoms with Crippen molar-refractivity contribution in [2.24, 2.45) is 11.8 Å². The number of amides is 1. The fraction of sp³-hybridized carbons (Fsp3) is 0.857. The van der Waals surface area contributed by atoms with Crippen molar-refractivity contribution >= 4 is 11.9 Å². The molecule has 0 heterocycles. The van der Waals surface area contributed by atoms with E-state index in [0.29, 0.717) is 25.9 Å². The summed E-state index contributed by atoms with van der Waals surface area (Å²) in [6.45, 7) is 3.03. The van der Waals surface area contributed by atoms with E-state index >= 15 is 0 Å². The van der Waals surface area contributed by atoms with Crippen LogP contribution >= 0.6 is 0 Å². The Labute approximate surface area is 114 Å². The number of carboxylic acid groups (broad SMARTS) is 1. The van der Waals surface area contributed by atoms with Gasteiger partial charge in [0.2, 0.25) is 5.91 Å². The fourth-order valence-corrected chi connectivity index (χ4v) is 2.70. The third kappa shape index (κ3) is 4.82. The molecule has 0 bridgehead atoms. The van der Waals surface area contributed by atoms with Crippen LogP contribution in [0.4, 0.5) is 0 Å². The number of carboxylic acids is 1. The standard InChI is InChI=1S/C14H25NO4/c1-2-3-7-15(8-9-16)13(17)11-5-4-6-12(10-11)14(18)19/h11-12,16H,2-10H2,1H3,(H,18,19). The smallest absolute Gasteiger partial charge is 0.306 e. The molecule has 2 unspecified atom stereocenters. The summed E-state index contributed by atoms with van der Waals surface area (Å²) in [7, 11) is 0. The first-order valence-electron chi connectivity index (χ1n) is 7.22. The number of aliphatic carboxylic acids is 1. The van der Waals surface area contributed by atoms with E-state index in [9.17, 15) is 9.59 Å². The van der Waals surface area contributed by atoms with E-state index in [1.165, 1.54) is 0 Å². The maximum absolute atomic E-state index is 12.4. The number of hydrogen-bond acceptors (Lipinski definition) is 3. The maximum Gasteiger partial charge on any atom is 0.306 e. The number of carbonyl (C=O) groups excluding carboxylic acids is 1. The average molecular weight is 271 g/mol. The van der Waals surface area contributed by atoms with Gasteiger partial charge in [0.25, 0.3) is 0 Å². The molecule has 2 atom stereocenters. The van der Waals surface area contributed by atoms with E-state index in [0.717, 1.165) is 25.7 Å². The van der Waals surface area contributed by atoms with Crippen LogP contribution in [0.2, 0.25) is 0 Å². The first-order chi connectivity index (χ1) is 9.10. The second-order valence-electron chi connectivity index (χ2n) is 5.30. The van der Waals surface area contributed by atoms with Crippen LogP contribution in [-0.4, -0.2) is 46.7 Å². The van der Waals surface area contributed by atoms with E-state index in [1.807, 2.05) is 0 Å². The van der Waals surface area contributed by atoms with Crippen molar-refractivity contribution in [1.29, 1.82) is 0 Å². The van der Waals surface area contributed by atoms with Crippen molar-refractivity contribution in [2.45, 2.75) is 45.4 Å². The van der Waals surface area contributed by atoms with Gasteiger partial charge in [-0.3, -0.25) is 9.59 Å². The summed E-state index contributed by atoms with van der Waals surface area (Å²) < 4.78 is 0. The molecule has 0 aromatic rings. The molecule has 0 radical (unpaired) electrons. The lowest BCUT2D eigenvalue weighted by Crippen LogP contribution is -2.41. The van der Waals surface area contributed by atoms with E-state index in [2.05, 4.69) is 6.92 Å². The van der Waals surface area contributed by atoms with Gasteiger partial charge in [-0.2, -0.15) is 0 Å². The number of carbonyl (C=O) groups is 2. The number of rotatable bonds is 7. The molecule has 5 nitrogen and oxygen atoms in total. The number of aliphatic hydroxyl groups is 1. The van der Waals surface area contributed by atoms with Crippen LogP contribution in [0.25, 0.3) is 0 Å². The Bertz CT molecular complexity index is 306. The number of aliphatic hydroxyl groups excluding tert-OH is 1. The molecule has 0 saturated heterocycles. The predicted octanol–water partition coefficient (Wildman–Crippen LogP) is 1.50. The molecule has 1 aliphatic carbocycles. The van der Waals surface area contributed by atoms with Gasteiger partial charge in [-0.25, -0.2) is 0 Å². The SMILES string of the molecule is CCCCN(CCO)C(=O)C1CCCC(C(=O)O)C1. The zero-order chi connectivity index (χ0) is 14.3. The monoisotopic (exact) mass is 271 g/mol. The Morgan fingerprint density at radius 3 is 2.47 bits per heavy atom. The van der Waals surface area contributed by atoms with E-state index in [-0.39, 0.29) is 24.3 Å². The second kappa shape index (κ2) is 8.15. The highest BCUT2D eigenvalue weighted by Gasteiger charge is 2.32. The van der Waals surface area contributed by atoms with Crippen LogP contribution in [0, 0.1) is 11.8 Å². The van der Waals surface area contributed by atoms with Crippen LogP contribution in [0.3, 0.4) is 0 Å². The van der Waals surface area contributed by atoms with Gasteiger partial charge in [0, 0.05) is 19.0 Å². The highest BCUT2D eigenvalue weighted by atomic mass is 16.4. The molecule has 0 aromatic heterocycles. The van der Waals surface area contributed by atoms with Crippen molar-refractivity contribution < 1.29 is 19.8 Å². The summed E-state index contributed by atoms with van der Waals surface area (Å²) in [6.07, 6.45) is 4.61. The zero-order valence-electron chi connectivity index (χ0n) is 11.7. The van der Waals surface area contributed by atoms with Crippen LogP contribution in [0.1, 0.15) is 45.4 Å². The Kier molecular flexibility index (Phi) is 6.84. The van der Waals surface area contributed by atoms with Gasteiger partial charge in [-0.05, 0) is 25.7 Å². The third-order valence-electron chi connectivity index (χ3n) is 3.84. The lowest BCUT2D eigenvalue weighted by atomic mass is 9.80.